The first-order chi connectivity index (χ1) is 8.44. The Hall–Kier alpha value is -0.970. The van der Waals surface area contributed by atoms with Crippen molar-refractivity contribution in [1.29, 1.82) is 0 Å². The normalized spacial score (nSPS) is 11.9. The van der Waals surface area contributed by atoms with E-state index in [0.717, 1.165) is 24.3 Å². The van der Waals surface area contributed by atoms with Gasteiger partial charge in [0.2, 0.25) is 11.0 Å². The highest BCUT2D eigenvalue weighted by molar-refractivity contribution is 7.15. The van der Waals surface area contributed by atoms with Gasteiger partial charge in [-0.25, -0.2) is 0 Å². The second-order valence-electron chi connectivity index (χ2n) is 5.15. The fourth-order valence-corrected chi connectivity index (χ4v) is 2.48. The quantitative estimate of drug-likeness (QED) is 0.858. The van der Waals surface area contributed by atoms with Gasteiger partial charge in [-0.1, -0.05) is 46.0 Å². The van der Waals surface area contributed by atoms with Gasteiger partial charge in [-0.2, -0.15) is 0 Å². The highest BCUT2D eigenvalue weighted by atomic mass is 32.1. The van der Waals surface area contributed by atoms with Gasteiger partial charge in [0.25, 0.3) is 0 Å². The van der Waals surface area contributed by atoms with Crippen LogP contribution in [0.2, 0.25) is 0 Å². The Morgan fingerprint density at radius 2 is 1.89 bits per heavy atom. The number of amides is 1. The Balaban J connectivity index is 2.73. The zero-order valence-electron chi connectivity index (χ0n) is 11.9. The van der Waals surface area contributed by atoms with Gasteiger partial charge in [0, 0.05) is 11.3 Å². The van der Waals surface area contributed by atoms with Crippen LogP contribution in [0.5, 0.6) is 0 Å². The van der Waals surface area contributed by atoms with E-state index in [4.69, 9.17) is 0 Å². The molecule has 102 valence electrons. The number of hydrogen-bond acceptors (Lipinski definition) is 4. The molecule has 0 radical (unpaired) electrons. The van der Waals surface area contributed by atoms with Crippen molar-refractivity contribution in [1.82, 2.24) is 10.2 Å². The Morgan fingerprint density at radius 1 is 1.28 bits per heavy atom. The fraction of sp³-hybridized carbons (Fsp3) is 0.769. The summed E-state index contributed by atoms with van der Waals surface area (Å²) in [5.41, 5.74) is 0.0234. The lowest BCUT2D eigenvalue weighted by Crippen LogP contribution is -2.21. The molecule has 0 aromatic carbocycles. The number of hydrogen-bond donors (Lipinski definition) is 1. The first-order valence-corrected chi connectivity index (χ1v) is 7.41. The van der Waals surface area contributed by atoms with Crippen molar-refractivity contribution in [3.8, 4) is 0 Å². The lowest BCUT2D eigenvalue weighted by Gasteiger charge is -2.17. The van der Waals surface area contributed by atoms with Gasteiger partial charge in [-0.3, -0.25) is 4.79 Å². The first-order valence-electron chi connectivity index (χ1n) is 6.59. The fourth-order valence-electron chi connectivity index (χ4n) is 1.57. The third-order valence-electron chi connectivity index (χ3n) is 3.47. The van der Waals surface area contributed by atoms with Crippen molar-refractivity contribution in [2.75, 3.05) is 5.32 Å². The molecule has 18 heavy (non-hydrogen) atoms. The summed E-state index contributed by atoms with van der Waals surface area (Å²) < 4.78 is 0. The highest BCUT2D eigenvalue weighted by Gasteiger charge is 2.24. The van der Waals surface area contributed by atoms with Crippen LogP contribution in [0.4, 0.5) is 5.13 Å². The third kappa shape index (κ3) is 3.51. The molecule has 0 saturated heterocycles. The summed E-state index contributed by atoms with van der Waals surface area (Å²) in [6.07, 6.45) is 2.71. The van der Waals surface area contributed by atoms with E-state index < -0.39 is 0 Å². The largest absolute Gasteiger partial charge is 0.300 e. The van der Waals surface area contributed by atoms with E-state index in [1.165, 1.54) is 11.3 Å². The van der Waals surface area contributed by atoms with E-state index >= 15 is 0 Å². The van der Waals surface area contributed by atoms with E-state index in [2.05, 4.69) is 36.3 Å². The summed E-state index contributed by atoms with van der Waals surface area (Å²) in [7, 11) is 0. The van der Waals surface area contributed by atoms with Crippen molar-refractivity contribution in [2.24, 2.45) is 5.92 Å². The van der Waals surface area contributed by atoms with Crippen LogP contribution in [-0.4, -0.2) is 16.1 Å². The van der Waals surface area contributed by atoms with E-state index in [1.807, 2.05) is 13.8 Å². The monoisotopic (exact) mass is 269 g/mol. The maximum absolute atomic E-state index is 11.9. The molecule has 0 bridgehead atoms. The molecule has 0 fully saturated rings. The first kappa shape index (κ1) is 15.1. The van der Waals surface area contributed by atoms with E-state index in [0.29, 0.717) is 5.13 Å². The van der Waals surface area contributed by atoms with Crippen LogP contribution in [0, 0.1) is 5.92 Å². The number of carbonyl (C=O) groups is 1. The number of rotatable bonds is 6. The second kappa shape index (κ2) is 6.27. The predicted octanol–water partition coefficient (Wildman–Crippen LogP) is 3.60. The van der Waals surface area contributed by atoms with Gasteiger partial charge in [0.05, 0.1) is 0 Å². The highest BCUT2D eigenvalue weighted by Crippen LogP contribution is 2.31. The molecule has 0 aliphatic rings. The Kier molecular flexibility index (Phi) is 5.26. The smallest absolute Gasteiger partial charge is 0.229 e. The Morgan fingerprint density at radius 3 is 2.39 bits per heavy atom. The minimum absolute atomic E-state index is 0.0234. The number of nitrogens with zero attached hydrogens (tertiary/aromatic N) is 2. The third-order valence-corrected chi connectivity index (χ3v) is 4.68. The summed E-state index contributed by atoms with van der Waals surface area (Å²) in [5.74, 6) is 0.119. The standard InChI is InChI=1S/C13H23N3OS/c1-6-9(7-2)10(17)14-12-16-15-11(18-12)13(4,5)8-3/h9H,6-8H2,1-5H3,(H,14,16,17). The molecule has 0 saturated carbocycles. The average molecular weight is 269 g/mol. The lowest BCUT2D eigenvalue weighted by molar-refractivity contribution is -0.120. The topological polar surface area (TPSA) is 54.9 Å². The number of carbonyl (C=O) groups excluding carboxylic acids is 1. The zero-order valence-corrected chi connectivity index (χ0v) is 12.7. The van der Waals surface area contributed by atoms with Crippen LogP contribution >= 0.6 is 11.3 Å². The predicted molar refractivity (Wildman–Crippen MR) is 75.9 cm³/mol. The zero-order chi connectivity index (χ0) is 13.8. The summed E-state index contributed by atoms with van der Waals surface area (Å²) in [4.78, 5) is 11.9. The SMILES string of the molecule is CCC(CC)C(=O)Nc1nnc(C(C)(C)CC)s1. The van der Waals surface area contributed by atoms with Crippen molar-refractivity contribution in [3.05, 3.63) is 5.01 Å². The molecule has 5 heteroatoms. The van der Waals surface area contributed by atoms with Crippen LogP contribution in [-0.2, 0) is 10.2 Å². The van der Waals surface area contributed by atoms with Gasteiger partial charge in [-0.15, -0.1) is 10.2 Å². The summed E-state index contributed by atoms with van der Waals surface area (Å²) >= 11 is 1.48. The molecule has 0 spiro atoms. The van der Waals surface area contributed by atoms with E-state index in [9.17, 15) is 4.79 Å². The average Bonchev–Trinajstić information content (AvgIpc) is 2.80. The number of nitrogens with one attached hydrogen (secondary N) is 1. The van der Waals surface area contributed by atoms with Crippen LogP contribution in [0.15, 0.2) is 0 Å². The Bertz CT molecular complexity index is 397. The van der Waals surface area contributed by atoms with Gasteiger partial charge >= 0.3 is 0 Å². The molecule has 4 nitrogen and oxygen atoms in total. The van der Waals surface area contributed by atoms with Gasteiger partial charge < -0.3 is 5.32 Å². The molecule has 0 atom stereocenters. The van der Waals surface area contributed by atoms with Crippen molar-refractivity contribution < 1.29 is 4.79 Å². The molecule has 0 unspecified atom stereocenters. The molecule has 1 rings (SSSR count). The van der Waals surface area contributed by atoms with Crippen molar-refractivity contribution in [3.63, 3.8) is 0 Å². The summed E-state index contributed by atoms with van der Waals surface area (Å²) in [6, 6.07) is 0. The molecular weight excluding hydrogens is 246 g/mol. The maximum Gasteiger partial charge on any atom is 0.229 e. The lowest BCUT2D eigenvalue weighted by atomic mass is 9.91. The summed E-state index contributed by atoms with van der Waals surface area (Å²) in [6.45, 7) is 10.5. The minimum Gasteiger partial charge on any atom is -0.300 e. The van der Waals surface area contributed by atoms with Crippen LogP contribution in [0.1, 0.15) is 58.9 Å². The van der Waals surface area contributed by atoms with Crippen molar-refractivity contribution in [2.45, 2.75) is 59.3 Å². The van der Waals surface area contributed by atoms with Gasteiger partial charge in [0.15, 0.2) is 0 Å². The molecule has 1 amide bonds. The van der Waals surface area contributed by atoms with Gasteiger partial charge in [-0.05, 0) is 19.3 Å². The maximum atomic E-state index is 11.9. The molecule has 1 N–H and O–H groups in total. The molecule has 0 aliphatic carbocycles. The van der Waals surface area contributed by atoms with Crippen LogP contribution in [0.25, 0.3) is 0 Å². The minimum atomic E-state index is 0.0234. The van der Waals surface area contributed by atoms with Gasteiger partial charge in [0.1, 0.15) is 5.01 Å². The molecule has 0 aliphatic heterocycles. The second-order valence-corrected chi connectivity index (χ2v) is 6.13. The molecule has 1 aromatic rings. The molecule has 1 aromatic heterocycles. The van der Waals surface area contributed by atoms with Crippen molar-refractivity contribution >= 4 is 22.4 Å². The van der Waals surface area contributed by atoms with Crippen LogP contribution < -0.4 is 5.32 Å². The van der Waals surface area contributed by atoms with Crippen LogP contribution in [0.3, 0.4) is 0 Å². The Labute approximate surface area is 113 Å². The van der Waals surface area contributed by atoms with E-state index in [1.54, 1.807) is 0 Å². The number of anilines is 1. The molecular formula is C13H23N3OS. The van der Waals surface area contributed by atoms with E-state index in [-0.39, 0.29) is 17.2 Å². The number of aromatic nitrogens is 2. The molecule has 1 heterocycles. The summed E-state index contributed by atoms with van der Waals surface area (Å²) in [5, 5.41) is 12.7.